The second-order valence-electron chi connectivity index (χ2n) is 9.29. The van der Waals surface area contributed by atoms with E-state index >= 15 is 0 Å². The summed E-state index contributed by atoms with van der Waals surface area (Å²) < 4.78 is 48.2. The zero-order valence-corrected chi connectivity index (χ0v) is 21.6. The van der Waals surface area contributed by atoms with Crippen LogP contribution in [-0.2, 0) is 17.6 Å². The highest BCUT2D eigenvalue weighted by molar-refractivity contribution is 6.00. The van der Waals surface area contributed by atoms with Crippen molar-refractivity contribution in [1.29, 1.82) is 0 Å². The maximum atomic E-state index is 12.6. The number of carbonyl (C=O) groups is 2. The number of nitrogens with two attached hydrogens (primary N) is 1. The van der Waals surface area contributed by atoms with E-state index in [9.17, 15) is 27.9 Å². The molecular weight excluding hydrogens is 503 g/mol. The summed E-state index contributed by atoms with van der Waals surface area (Å²) in [5.74, 6) is -0.593. The van der Waals surface area contributed by atoms with E-state index in [2.05, 4.69) is 4.90 Å². The van der Waals surface area contributed by atoms with Crippen LogP contribution in [0.2, 0.25) is 0 Å². The Morgan fingerprint density at radius 2 is 1.87 bits per heavy atom. The van der Waals surface area contributed by atoms with Gasteiger partial charge in [0.1, 0.15) is 6.61 Å². The highest BCUT2D eigenvalue weighted by atomic mass is 19.4. The fourth-order valence-electron chi connectivity index (χ4n) is 4.72. The van der Waals surface area contributed by atoms with E-state index in [1.807, 2.05) is 13.0 Å². The zero-order chi connectivity index (χ0) is 27.9. The van der Waals surface area contributed by atoms with Crippen LogP contribution in [0.1, 0.15) is 41.8 Å². The van der Waals surface area contributed by atoms with Crippen molar-refractivity contribution >= 4 is 17.5 Å². The maximum Gasteiger partial charge on any atom is 0.422 e. The third-order valence-electron chi connectivity index (χ3n) is 6.37. The number of amides is 2. The van der Waals surface area contributed by atoms with Crippen LogP contribution < -0.4 is 20.1 Å². The van der Waals surface area contributed by atoms with E-state index < -0.39 is 18.7 Å². The topological polar surface area (TPSA) is 105 Å². The summed E-state index contributed by atoms with van der Waals surface area (Å²) >= 11 is 0. The molecule has 0 spiro atoms. The molecule has 0 aliphatic carbocycles. The molecule has 1 aliphatic heterocycles. The largest absolute Gasteiger partial charge is 0.488 e. The minimum Gasteiger partial charge on any atom is -0.488 e. The lowest BCUT2D eigenvalue weighted by Crippen LogP contribution is -2.41. The fraction of sp³-hybridized carbons (Fsp3) is 0.481. The van der Waals surface area contributed by atoms with Crippen LogP contribution in [-0.4, -0.2) is 73.5 Å². The molecule has 0 unspecified atom stereocenters. The van der Waals surface area contributed by atoms with Crippen LogP contribution >= 0.6 is 0 Å². The second kappa shape index (κ2) is 12.9. The number of carbonyl (C=O) groups excluding carboxylic acids is 2. The SMILES string of the molecule is CC(=O)N(CCOc1ccccc1OCC(F)(F)F)[C@H](C)Cc1cc2c(c(C(N)=O)c1)N(CCCO)CC2. The number of primary amides is 1. The Balaban J connectivity index is 1.67. The van der Waals surface area contributed by atoms with Gasteiger partial charge in [-0.15, -0.1) is 0 Å². The summed E-state index contributed by atoms with van der Waals surface area (Å²) in [6.45, 7) is 3.56. The van der Waals surface area contributed by atoms with Gasteiger partial charge in [-0.25, -0.2) is 0 Å². The minimum atomic E-state index is -4.47. The number of alkyl halides is 3. The Hall–Kier alpha value is -3.47. The Kier molecular flexibility index (Phi) is 9.84. The first-order valence-electron chi connectivity index (χ1n) is 12.5. The fourth-order valence-corrected chi connectivity index (χ4v) is 4.72. The highest BCUT2D eigenvalue weighted by Crippen LogP contribution is 2.34. The number of anilines is 1. The first kappa shape index (κ1) is 29.1. The number of ether oxygens (including phenoxy) is 2. The third kappa shape index (κ3) is 7.77. The van der Waals surface area contributed by atoms with Crippen molar-refractivity contribution in [2.45, 2.75) is 45.3 Å². The van der Waals surface area contributed by atoms with Crippen molar-refractivity contribution in [3.63, 3.8) is 0 Å². The van der Waals surface area contributed by atoms with Crippen molar-refractivity contribution < 1.29 is 37.3 Å². The van der Waals surface area contributed by atoms with E-state index in [1.54, 1.807) is 23.1 Å². The number of hydrogen-bond donors (Lipinski definition) is 2. The minimum absolute atomic E-state index is 0.0302. The van der Waals surface area contributed by atoms with Crippen LogP contribution in [0.3, 0.4) is 0 Å². The lowest BCUT2D eigenvalue weighted by atomic mass is 9.97. The van der Waals surface area contributed by atoms with Gasteiger partial charge in [-0.3, -0.25) is 9.59 Å². The predicted octanol–water partition coefficient (Wildman–Crippen LogP) is 3.33. The molecule has 1 heterocycles. The van der Waals surface area contributed by atoms with Crippen molar-refractivity contribution in [2.24, 2.45) is 5.73 Å². The summed E-state index contributed by atoms with van der Waals surface area (Å²) in [5, 5.41) is 9.18. The van der Waals surface area contributed by atoms with Crippen LogP contribution in [0.25, 0.3) is 0 Å². The van der Waals surface area contributed by atoms with Crippen LogP contribution in [0.5, 0.6) is 11.5 Å². The Bertz CT molecular complexity index is 1130. The Morgan fingerprint density at radius 1 is 1.18 bits per heavy atom. The van der Waals surface area contributed by atoms with Gasteiger partial charge in [0.15, 0.2) is 18.1 Å². The molecule has 0 aromatic heterocycles. The summed E-state index contributed by atoms with van der Waals surface area (Å²) in [6, 6.07) is 9.60. The average Bonchev–Trinajstić information content (AvgIpc) is 3.26. The monoisotopic (exact) mass is 537 g/mol. The first-order chi connectivity index (χ1) is 18.0. The van der Waals surface area contributed by atoms with Gasteiger partial charge in [0.2, 0.25) is 5.91 Å². The second-order valence-corrected chi connectivity index (χ2v) is 9.29. The molecule has 1 atom stereocenters. The molecule has 11 heteroatoms. The molecule has 0 radical (unpaired) electrons. The molecule has 8 nitrogen and oxygen atoms in total. The number of aliphatic hydroxyl groups excluding tert-OH is 1. The summed E-state index contributed by atoms with van der Waals surface area (Å²) in [5.41, 5.74) is 8.81. The van der Waals surface area contributed by atoms with Gasteiger partial charge in [0, 0.05) is 32.7 Å². The average molecular weight is 538 g/mol. The smallest absolute Gasteiger partial charge is 0.422 e. The molecule has 0 saturated carbocycles. The van der Waals surface area contributed by atoms with E-state index in [0.717, 1.165) is 29.8 Å². The van der Waals surface area contributed by atoms with Crippen molar-refractivity contribution in [3.05, 3.63) is 53.1 Å². The zero-order valence-electron chi connectivity index (χ0n) is 21.6. The van der Waals surface area contributed by atoms with E-state index in [-0.39, 0.29) is 43.2 Å². The molecule has 2 amide bonds. The summed E-state index contributed by atoms with van der Waals surface area (Å²) in [4.78, 5) is 28.4. The molecule has 0 fully saturated rings. The number of rotatable bonds is 13. The van der Waals surface area contributed by atoms with E-state index in [1.165, 1.54) is 19.1 Å². The molecule has 208 valence electrons. The van der Waals surface area contributed by atoms with Gasteiger partial charge < -0.3 is 30.1 Å². The Labute approximate surface area is 220 Å². The number of para-hydroxylation sites is 2. The first-order valence-corrected chi connectivity index (χ1v) is 12.5. The lowest BCUT2D eigenvalue weighted by molar-refractivity contribution is -0.153. The summed E-state index contributed by atoms with van der Waals surface area (Å²) in [7, 11) is 0. The van der Waals surface area contributed by atoms with Crippen molar-refractivity contribution in [3.8, 4) is 11.5 Å². The van der Waals surface area contributed by atoms with Crippen molar-refractivity contribution in [2.75, 3.05) is 44.4 Å². The van der Waals surface area contributed by atoms with E-state index in [4.69, 9.17) is 15.2 Å². The number of hydrogen-bond acceptors (Lipinski definition) is 6. The number of aliphatic hydroxyl groups is 1. The molecule has 0 bridgehead atoms. The van der Waals surface area contributed by atoms with Crippen LogP contribution in [0.4, 0.5) is 18.9 Å². The van der Waals surface area contributed by atoms with Gasteiger partial charge >= 0.3 is 6.18 Å². The highest BCUT2D eigenvalue weighted by Gasteiger charge is 2.29. The Morgan fingerprint density at radius 3 is 2.47 bits per heavy atom. The van der Waals surface area contributed by atoms with Gasteiger partial charge in [0.25, 0.3) is 5.91 Å². The van der Waals surface area contributed by atoms with Crippen molar-refractivity contribution in [1.82, 2.24) is 4.90 Å². The molecule has 2 aromatic rings. The number of fused-ring (bicyclic) bond motifs is 1. The predicted molar refractivity (Wildman–Crippen MR) is 137 cm³/mol. The number of nitrogens with zero attached hydrogens (tertiary/aromatic N) is 2. The third-order valence-corrected chi connectivity index (χ3v) is 6.37. The summed E-state index contributed by atoms with van der Waals surface area (Å²) in [6.07, 6.45) is -2.67. The standard InChI is InChI=1S/C27H34F3N3O5/c1-18(14-20-15-21-8-10-32(9-5-12-34)25(21)22(16-20)26(31)36)33(19(2)35)11-13-37-23-6-3-4-7-24(23)38-17-27(28,29)30/h3-4,6-7,15-16,18,34H,5,8-14,17H2,1-2H3,(H2,31,36)/t18-/m1/s1. The van der Waals surface area contributed by atoms with Crippen LogP contribution in [0, 0.1) is 0 Å². The molecule has 3 N–H and O–H groups in total. The van der Waals surface area contributed by atoms with Crippen LogP contribution in [0.15, 0.2) is 36.4 Å². The van der Waals surface area contributed by atoms with E-state index in [0.29, 0.717) is 24.9 Å². The van der Waals surface area contributed by atoms with Gasteiger partial charge in [0.05, 0.1) is 17.8 Å². The number of halogens is 3. The maximum absolute atomic E-state index is 12.6. The van der Waals surface area contributed by atoms with Gasteiger partial charge in [-0.05, 0) is 55.5 Å². The lowest BCUT2D eigenvalue weighted by Gasteiger charge is -2.29. The van der Waals surface area contributed by atoms with Gasteiger partial charge in [-0.2, -0.15) is 13.2 Å². The molecule has 38 heavy (non-hydrogen) atoms. The normalized spacial score (nSPS) is 13.7. The quantitative estimate of drug-likeness (QED) is 0.406. The number of benzene rings is 2. The van der Waals surface area contributed by atoms with Gasteiger partial charge in [-0.1, -0.05) is 18.2 Å². The molecule has 3 rings (SSSR count). The molecule has 2 aromatic carbocycles. The molecule has 1 aliphatic rings. The molecule has 0 saturated heterocycles. The molecular formula is C27H34F3N3O5.